The van der Waals surface area contributed by atoms with Crippen LogP contribution in [0, 0.1) is 17.2 Å². The molecule has 0 unspecified atom stereocenters. The Morgan fingerprint density at radius 2 is 1.80 bits per heavy atom. The van der Waals surface area contributed by atoms with Gasteiger partial charge in [-0.15, -0.1) is 0 Å². The SMILES string of the molecule is CC(C)[C@]1(C(=O)N2CCc3ncc(C(F)(F)F)cc3C2)CC[C@@H](N2CCC(c3cc(F)cc(C(=O)O)c3)CC2)C1. The lowest BCUT2D eigenvalue weighted by Gasteiger charge is -2.41. The number of carboxylic acids is 1. The Morgan fingerprint density at radius 3 is 2.45 bits per heavy atom. The number of carbonyl (C=O) groups is 2. The summed E-state index contributed by atoms with van der Waals surface area (Å²) in [5.74, 6) is -1.52. The summed E-state index contributed by atoms with van der Waals surface area (Å²) in [7, 11) is 0. The van der Waals surface area contributed by atoms with Crippen LogP contribution in [0.25, 0.3) is 0 Å². The number of aromatic nitrogens is 1. The summed E-state index contributed by atoms with van der Waals surface area (Å²) in [5.41, 5.74) is 0.390. The van der Waals surface area contributed by atoms with Gasteiger partial charge in [0.15, 0.2) is 0 Å². The van der Waals surface area contributed by atoms with Crippen LogP contribution in [0.4, 0.5) is 17.6 Å². The molecule has 2 aromatic rings. The van der Waals surface area contributed by atoms with Crippen molar-refractivity contribution < 1.29 is 32.3 Å². The van der Waals surface area contributed by atoms with Crippen LogP contribution < -0.4 is 0 Å². The monoisotopic (exact) mass is 561 g/mol. The lowest BCUT2D eigenvalue weighted by molar-refractivity contribution is -0.146. The standard InChI is InChI=1S/C30H35F4N3O3/c1-18(2)29(28(40)37-10-6-26-22(17-37)12-23(16-35-26)30(32,33)34)7-3-25(15-29)36-8-4-19(5-9-36)20-11-21(27(38)39)14-24(31)13-20/h11-14,16,18-19,25H,3-10,15,17H2,1-2H3,(H,38,39)/t25-,29+/m1/s1. The van der Waals surface area contributed by atoms with E-state index in [1.165, 1.54) is 6.07 Å². The van der Waals surface area contributed by atoms with Crippen LogP contribution >= 0.6 is 0 Å². The molecular weight excluding hydrogens is 526 g/mol. The third-order valence-electron chi connectivity index (χ3n) is 9.39. The van der Waals surface area contributed by atoms with Gasteiger partial charge < -0.3 is 14.9 Å². The lowest BCUT2D eigenvalue weighted by atomic mass is 9.73. The molecule has 216 valence electrons. The number of carboxylic acid groups (broad SMARTS) is 1. The van der Waals surface area contributed by atoms with Crippen molar-refractivity contribution in [2.45, 2.75) is 77.1 Å². The number of piperidine rings is 1. The number of benzene rings is 1. The Kier molecular flexibility index (Phi) is 7.67. The molecule has 40 heavy (non-hydrogen) atoms. The van der Waals surface area contributed by atoms with E-state index in [1.807, 2.05) is 0 Å². The number of halogens is 4. The molecule has 3 aliphatic rings. The molecule has 0 bridgehead atoms. The molecule has 1 aliphatic carbocycles. The number of rotatable bonds is 5. The quantitative estimate of drug-likeness (QED) is 0.461. The molecule has 2 atom stereocenters. The number of hydrogen-bond donors (Lipinski definition) is 1. The fourth-order valence-corrected chi connectivity index (χ4v) is 6.96. The zero-order chi connectivity index (χ0) is 28.8. The first-order valence-electron chi connectivity index (χ1n) is 14.0. The number of hydrogen-bond acceptors (Lipinski definition) is 4. The summed E-state index contributed by atoms with van der Waals surface area (Å²) >= 11 is 0. The Labute approximate surface area is 231 Å². The first-order chi connectivity index (χ1) is 18.9. The van der Waals surface area contributed by atoms with E-state index < -0.39 is 28.9 Å². The van der Waals surface area contributed by atoms with Gasteiger partial charge in [0.25, 0.3) is 0 Å². The van der Waals surface area contributed by atoms with Crippen molar-refractivity contribution in [1.29, 1.82) is 0 Å². The fraction of sp³-hybridized carbons (Fsp3) is 0.567. The van der Waals surface area contributed by atoms with Crippen molar-refractivity contribution >= 4 is 11.9 Å². The Morgan fingerprint density at radius 1 is 1.07 bits per heavy atom. The van der Waals surface area contributed by atoms with E-state index in [0.29, 0.717) is 36.2 Å². The second kappa shape index (κ2) is 10.8. The molecule has 1 N–H and O–H groups in total. The summed E-state index contributed by atoms with van der Waals surface area (Å²) in [5, 5.41) is 9.29. The van der Waals surface area contributed by atoms with Crippen LogP contribution in [0.3, 0.4) is 0 Å². The molecule has 1 saturated carbocycles. The number of likely N-dealkylation sites (tertiary alicyclic amines) is 1. The molecule has 1 aromatic carbocycles. The zero-order valence-corrected chi connectivity index (χ0v) is 22.8. The highest BCUT2D eigenvalue weighted by atomic mass is 19.4. The predicted octanol–water partition coefficient (Wildman–Crippen LogP) is 5.90. The first-order valence-corrected chi connectivity index (χ1v) is 14.0. The van der Waals surface area contributed by atoms with Gasteiger partial charge in [-0.2, -0.15) is 13.2 Å². The van der Waals surface area contributed by atoms with E-state index in [0.717, 1.165) is 57.1 Å². The normalized spacial score (nSPS) is 24.4. The van der Waals surface area contributed by atoms with Gasteiger partial charge in [0.05, 0.1) is 16.5 Å². The summed E-state index contributed by atoms with van der Waals surface area (Å²) in [4.78, 5) is 33.5. The van der Waals surface area contributed by atoms with Crippen LogP contribution in [-0.2, 0) is 23.9 Å². The predicted molar refractivity (Wildman–Crippen MR) is 140 cm³/mol. The van der Waals surface area contributed by atoms with Gasteiger partial charge in [0.1, 0.15) is 5.82 Å². The van der Waals surface area contributed by atoms with Crippen molar-refractivity contribution in [2.75, 3.05) is 19.6 Å². The lowest BCUT2D eigenvalue weighted by Crippen LogP contribution is -2.49. The molecule has 5 rings (SSSR count). The van der Waals surface area contributed by atoms with Gasteiger partial charge in [-0.25, -0.2) is 9.18 Å². The topological polar surface area (TPSA) is 73.7 Å². The Hall–Kier alpha value is -3.01. The number of amides is 1. The molecule has 6 nitrogen and oxygen atoms in total. The summed E-state index contributed by atoms with van der Waals surface area (Å²) in [6.07, 6.45) is 0.669. The van der Waals surface area contributed by atoms with E-state index in [2.05, 4.69) is 23.7 Å². The molecule has 1 aromatic heterocycles. The van der Waals surface area contributed by atoms with Crippen molar-refractivity contribution in [1.82, 2.24) is 14.8 Å². The van der Waals surface area contributed by atoms with Gasteiger partial charge in [-0.3, -0.25) is 9.78 Å². The van der Waals surface area contributed by atoms with E-state index in [9.17, 15) is 32.3 Å². The van der Waals surface area contributed by atoms with Crippen LogP contribution in [0.5, 0.6) is 0 Å². The van der Waals surface area contributed by atoms with Crippen LogP contribution in [-0.4, -0.2) is 57.4 Å². The van der Waals surface area contributed by atoms with Crippen molar-refractivity contribution in [3.8, 4) is 0 Å². The summed E-state index contributed by atoms with van der Waals surface area (Å²) in [6, 6.07) is 5.37. The maximum Gasteiger partial charge on any atom is 0.417 e. The Bertz CT molecular complexity index is 1290. The average molecular weight is 562 g/mol. The highest BCUT2D eigenvalue weighted by molar-refractivity contribution is 5.87. The average Bonchev–Trinajstić information content (AvgIpc) is 3.38. The maximum atomic E-state index is 14.0. The molecule has 10 heteroatoms. The Balaban J connectivity index is 1.26. The van der Waals surface area contributed by atoms with E-state index >= 15 is 0 Å². The van der Waals surface area contributed by atoms with Crippen molar-refractivity contribution in [3.63, 3.8) is 0 Å². The van der Waals surface area contributed by atoms with E-state index in [1.54, 1.807) is 11.0 Å². The number of carbonyl (C=O) groups excluding carboxylic acids is 1. The molecule has 3 heterocycles. The highest BCUT2D eigenvalue weighted by Gasteiger charge is 2.51. The summed E-state index contributed by atoms with van der Waals surface area (Å²) in [6.45, 7) is 6.25. The largest absolute Gasteiger partial charge is 0.478 e. The maximum absolute atomic E-state index is 14.0. The van der Waals surface area contributed by atoms with Crippen molar-refractivity contribution in [3.05, 3.63) is 64.2 Å². The minimum absolute atomic E-state index is 0.0175. The van der Waals surface area contributed by atoms with Crippen LogP contribution in [0.15, 0.2) is 30.5 Å². The van der Waals surface area contributed by atoms with Crippen LogP contribution in [0.1, 0.15) is 84.6 Å². The van der Waals surface area contributed by atoms with Gasteiger partial charge in [0.2, 0.25) is 5.91 Å². The van der Waals surface area contributed by atoms with Gasteiger partial charge >= 0.3 is 12.1 Å². The minimum Gasteiger partial charge on any atom is -0.478 e. The molecular formula is C30H35F4N3O3. The second-order valence-electron chi connectivity index (χ2n) is 11.9. The van der Waals surface area contributed by atoms with Gasteiger partial charge in [-0.1, -0.05) is 13.8 Å². The van der Waals surface area contributed by atoms with Crippen molar-refractivity contribution in [2.24, 2.45) is 11.3 Å². The van der Waals surface area contributed by atoms with Gasteiger partial charge in [0, 0.05) is 37.4 Å². The number of aromatic carboxylic acids is 1. The third kappa shape index (κ3) is 5.47. The summed E-state index contributed by atoms with van der Waals surface area (Å²) < 4.78 is 53.9. The number of pyridine rings is 1. The minimum atomic E-state index is -4.48. The zero-order valence-electron chi connectivity index (χ0n) is 22.8. The fourth-order valence-electron chi connectivity index (χ4n) is 6.96. The smallest absolute Gasteiger partial charge is 0.417 e. The molecule has 2 fully saturated rings. The molecule has 1 saturated heterocycles. The van der Waals surface area contributed by atoms with E-state index in [4.69, 9.17) is 0 Å². The molecule has 0 spiro atoms. The number of alkyl halides is 3. The van der Waals surface area contributed by atoms with E-state index in [-0.39, 0.29) is 35.9 Å². The molecule has 1 amide bonds. The molecule has 0 radical (unpaired) electrons. The first kappa shape index (κ1) is 28.5. The second-order valence-corrected chi connectivity index (χ2v) is 11.9. The van der Waals surface area contributed by atoms with Crippen LogP contribution in [0.2, 0.25) is 0 Å². The molecule has 2 aliphatic heterocycles. The number of fused-ring (bicyclic) bond motifs is 1. The third-order valence-corrected chi connectivity index (χ3v) is 9.39. The number of nitrogens with zero attached hydrogens (tertiary/aromatic N) is 3. The van der Waals surface area contributed by atoms with Gasteiger partial charge in [-0.05, 0) is 92.4 Å². The highest BCUT2D eigenvalue weighted by Crippen LogP contribution is 2.48.